The van der Waals surface area contributed by atoms with E-state index in [1.807, 2.05) is 17.0 Å². The lowest BCUT2D eigenvalue weighted by Gasteiger charge is -2.32. The number of hydrogen-bond donors (Lipinski definition) is 1. The van der Waals surface area contributed by atoms with Crippen LogP contribution in [0.1, 0.15) is 39.3 Å². The third-order valence-electron chi connectivity index (χ3n) is 4.85. The van der Waals surface area contributed by atoms with Crippen molar-refractivity contribution in [3.05, 3.63) is 59.4 Å². The molecule has 6 nitrogen and oxygen atoms in total. The minimum absolute atomic E-state index is 0.0936. The van der Waals surface area contributed by atoms with Gasteiger partial charge in [-0.25, -0.2) is 0 Å². The molecule has 2 N–H and O–H groups in total. The number of likely N-dealkylation sites (tertiary alicyclic amines) is 1. The maximum absolute atomic E-state index is 12.5. The molecule has 0 unspecified atom stereocenters. The molecule has 0 saturated carbocycles. The molecule has 136 valence electrons. The number of nitrogens with two attached hydrogens (primary N) is 1. The maximum atomic E-state index is 12.5. The van der Waals surface area contributed by atoms with Gasteiger partial charge in [0.1, 0.15) is 11.4 Å². The van der Waals surface area contributed by atoms with Crippen LogP contribution in [0.5, 0.6) is 5.75 Å². The Balaban J connectivity index is 1.53. The summed E-state index contributed by atoms with van der Waals surface area (Å²) in [7, 11) is 1.66. The van der Waals surface area contributed by atoms with E-state index in [0.717, 1.165) is 38.1 Å². The van der Waals surface area contributed by atoms with Crippen LogP contribution in [0.25, 0.3) is 0 Å². The second-order valence-electron chi connectivity index (χ2n) is 6.58. The van der Waals surface area contributed by atoms with Crippen molar-refractivity contribution in [2.75, 3.05) is 20.2 Å². The summed E-state index contributed by atoms with van der Waals surface area (Å²) >= 11 is 0. The lowest BCUT2D eigenvalue weighted by Crippen LogP contribution is -2.39. The molecule has 2 heterocycles. The summed E-state index contributed by atoms with van der Waals surface area (Å²) in [6, 6.07) is 11.3. The first-order valence-electron chi connectivity index (χ1n) is 8.75. The first-order valence-corrected chi connectivity index (χ1v) is 8.75. The number of carbonyl (C=O) groups is 2. The maximum Gasteiger partial charge on any atom is 0.272 e. The van der Waals surface area contributed by atoms with Crippen LogP contribution in [-0.4, -0.2) is 41.9 Å². The number of primary amides is 1. The Labute approximate surface area is 153 Å². The zero-order valence-electron chi connectivity index (χ0n) is 14.9. The van der Waals surface area contributed by atoms with Crippen molar-refractivity contribution in [1.82, 2.24) is 9.88 Å². The van der Waals surface area contributed by atoms with Crippen LogP contribution in [0.3, 0.4) is 0 Å². The normalized spacial score (nSPS) is 14.9. The topological polar surface area (TPSA) is 85.5 Å². The molecule has 1 aliphatic heterocycles. The van der Waals surface area contributed by atoms with E-state index in [9.17, 15) is 9.59 Å². The van der Waals surface area contributed by atoms with E-state index in [1.54, 1.807) is 19.2 Å². The van der Waals surface area contributed by atoms with E-state index in [4.69, 9.17) is 10.5 Å². The second kappa shape index (κ2) is 7.99. The fourth-order valence-electron chi connectivity index (χ4n) is 3.26. The molecule has 3 rings (SSSR count). The molecular weight excluding hydrogens is 330 g/mol. The molecule has 26 heavy (non-hydrogen) atoms. The van der Waals surface area contributed by atoms with Crippen LogP contribution < -0.4 is 10.5 Å². The molecule has 1 saturated heterocycles. The number of ether oxygens (including phenoxy) is 1. The summed E-state index contributed by atoms with van der Waals surface area (Å²) < 4.78 is 5.19. The summed E-state index contributed by atoms with van der Waals surface area (Å²) in [6.45, 7) is 1.44. The predicted octanol–water partition coefficient (Wildman–Crippen LogP) is 2.28. The Morgan fingerprint density at radius 3 is 2.38 bits per heavy atom. The van der Waals surface area contributed by atoms with E-state index in [1.165, 1.54) is 11.8 Å². The lowest BCUT2D eigenvalue weighted by atomic mass is 9.90. The Kier molecular flexibility index (Phi) is 5.51. The van der Waals surface area contributed by atoms with Crippen LogP contribution in [0.15, 0.2) is 42.6 Å². The predicted molar refractivity (Wildman–Crippen MR) is 98.1 cm³/mol. The second-order valence-corrected chi connectivity index (χ2v) is 6.58. The highest BCUT2D eigenvalue weighted by atomic mass is 16.5. The number of rotatable bonds is 5. The van der Waals surface area contributed by atoms with Crippen LogP contribution in [0, 0.1) is 5.92 Å². The first kappa shape index (κ1) is 17.9. The van der Waals surface area contributed by atoms with Crippen molar-refractivity contribution in [2.24, 2.45) is 11.7 Å². The fourth-order valence-corrected chi connectivity index (χ4v) is 3.26. The van der Waals surface area contributed by atoms with Gasteiger partial charge in [0.2, 0.25) is 5.91 Å². The molecule has 1 aliphatic rings. The Hall–Kier alpha value is -2.89. The summed E-state index contributed by atoms with van der Waals surface area (Å²) in [5.41, 5.74) is 7.14. The molecule has 1 fully saturated rings. The standard InChI is InChI=1S/C20H23N3O3/c1-26-17-5-2-14(3-6-17)12-15-8-10-23(11-9-15)20(25)18-7-4-16(13-22-18)19(21)24/h2-7,13,15H,8-12H2,1H3,(H2,21,24). The third kappa shape index (κ3) is 4.20. The number of hydrogen-bond acceptors (Lipinski definition) is 4. The molecule has 0 bridgehead atoms. The molecular formula is C20H23N3O3. The first-order chi connectivity index (χ1) is 12.6. The van der Waals surface area contributed by atoms with E-state index in [0.29, 0.717) is 17.2 Å². The zero-order chi connectivity index (χ0) is 18.5. The number of aromatic nitrogens is 1. The summed E-state index contributed by atoms with van der Waals surface area (Å²) in [5.74, 6) is 0.793. The summed E-state index contributed by atoms with van der Waals surface area (Å²) in [5, 5.41) is 0. The van der Waals surface area contributed by atoms with Gasteiger partial charge in [0, 0.05) is 19.3 Å². The number of nitrogens with zero attached hydrogens (tertiary/aromatic N) is 2. The molecule has 0 aliphatic carbocycles. The van der Waals surface area contributed by atoms with E-state index in [-0.39, 0.29) is 5.91 Å². The van der Waals surface area contributed by atoms with E-state index in [2.05, 4.69) is 17.1 Å². The number of benzene rings is 1. The van der Waals surface area contributed by atoms with Gasteiger partial charge in [-0.2, -0.15) is 0 Å². The SMILES string of the molecule is COc1ccc(CC2CCN(C(=O)c3ccc(C(N)=O)cn3)CC2)cc1. The van der Waals surface area contributed by atoms with Gasteiger partial charge in [-0.3, -0.25) is 14.6 Å². The molecule has 0 radical (unpaired) electrons. The molecule has 1 aromatic carbocycles. The van der Waals surface area contributed by atoms with Gasteiger partial charge in [-0.1, -0.05) is 12.1 Å². The van der Waals surface area contributed by atoms with Crippen molar-refractivity contribution >= 4 is 11.8 Å². The highest BCUT2D eigenvalue weighted by Crippen LogP contribution is 2.23. The quantitative estimate of drug-likeness (QED) is 0.893. The molecule has 0 atom stereocenters. The van der Waals surface area contributed by atoms with E-state index >= 15 is 0 Å². The fraction of sp³-hybridized carbons (Fsp3) is 0.350. The smallest absolute Gasteiger partial charge is 0.272 e. The monoisotopic (exact) mass is 353 g/mol. The van der Waals surface area contributed by atoms with Gasteiger partial charge in [0.05, 0.1) is 12.7 Å². The Morgan fingerprint density at radius 2 is 1.85 bits per heavy atom. The number of piperidine rings is 1. The average Bonchev–Trinajstić information content (AvgIpc) is 2.69. The van der Waals surface area contributed by atoms with Crippen LogP contribution >= 0.6 is 0 Å². The van der Waals surface area contributed by atoms with Gasteiger partial charge in [0.15, 0.2) is 0 Å². The zero-order valence-corrected chi connectivity index (χ0v) is 14.9. The van der Waals surface area contributed by atoms with Crippen molar-refractivity contribution < 1.29 is 14.3 Å². The summed E-state index contributed by atoms with van der Waals surface area (Å²) in [6.07, 6.45) is 4.30. The summed E-state index contributed by atoms with van der Waals surface area (Å²) in [4.78, 5) is 29.5. The van der Waals surface area contributed by atoms with Gasteiger partial charge in [-0.15, -0.1) is 0 Å². The number of carbonyl (C=O) groups excluding carboxylic acids is 2. The molecule has 2 aromatic rings. The number of pyridine rings is 1. The minimum atomic E-state index is -0.546. The van der Waals surface area contributed by atoms with Crippen LogP contribution in [0.2, 0.25) is 0 Å². The highest BCUT2D eigenvalue weighted by Gasteiger charge is 2.24. The highest BCUT2D eigenvalue weighted by molar-refractivity contribution is 5.95. The average molecular weight is 353 g/mol. The van der Waals surface area contributed by atoms with Gasteiger partial charge in [-0.05, 0) is 55.0 Å². The number of methoxy groups -OCH3 is 1. The van der Waals surface area contributed by atoms with Crippen molar-refractivity contribution in [3.63, 3.8) is 0 Å². The van der Waals surface area contributed by atoms with Gasteiger partial charge >= 0.3 is 0 Å². The van der Waals surface area contributed by atoms with Crippen molar-refractivity contribution in [3.8, 4) is 5.75 Å². The minimum Gasteiger partial charge on any atom is -0.497 e. The van der Waals surface area contributed by atoms with Crippen molar-refractivity contribution in [1.29, 1.82) is 0 Å². The Morgan fingerprint density at radius 1 is 1.15 bits per heavy atom. The lowest BCUT2D eigenvalue weighted by molar-refractivity contribution is 0.0684. The molecule has 2 amide bonds. The van der Waals surface area contributed by atoms with Crippen LogP contribution in [0.4, 0.5) is 0 Å². The van der Waals surface area contributed by atoms with Gasteiger partial charge < -0.3 is 15.4 Å². The van der Waals surface area contributed by atoms with Crippen LogP contribution in [-0.2, 0) is 6.42 Å². The van der Waals surface area contributed by atoms with Gasteiger partial charge in [0.25, 0.3) is 5.91 Å². The number of amides is 2. The largest absolute Gasteiger partial charge is 0.497 e. The molecule has 6 heteroatoms. The molecule has 0 spiro atoms. The van der Waals surface area contributed by atoms with Crippen molar-refractivity contribution in [2.45, 2.75) is 19.3 Å². The Bertz CT molecular complexity index is 764. The van der Waals surface area contributed by atoms with E-state index < -0.39 is 5.91 Å². The molecule has 1 aromatic heterocycles. The third-order valence-corrected chi connectivity index (χ3v) is 4.85.